The lowest BCUT2D eigenvalue weighted by Crippen LogP contribution is -2.24. The van der Waals surface area contributed by atoms with Crippen LogP contribution in [-0.2, 0) is 13.0 Å². The number of nitrogens with one attached hydrogen (secondary N) is 1. The quantitative estimate of drug-likeness (QED) is 0.552. The molecule has 1 amide bonds. The molecule has 0 bridgehead atoms. The summed E-state index contributed by atoms with van der Waals surface area (Å²) in [7, 11) is 0. The molecule has 0 aliphatic rings. The molecule has 0 atom stereocenters. The van der Waals surface area contributed by atoms with Gasteiger partial charge in [-0.05, 0) is 48.4 Å². The molecular weight excluding hydrogens is 364 g/mol. The number of benzene rings is 1. The first kappa shape index (κ1) is 18.5. The Morgan fingerprint density at radius 2 is 1.90 bits per heavy atom. The molecule has 0 aliphatic heterocycles. The highest BCUT2D eigenvalue weighted by atomic mass is 16.2. The van der Waals surface area contributed by atoms with E-state index in [9.17, 15) is 4.79 Å². The van der Waals surface area contributed by atoms with Crippen LogP contribution >= 0.6 is 0 Å². The summed E-state index contributed by atoms with van der Waals surface area (Å²) in [5.41, 5.74) is 4.50. The van der Waals surface area contributed by atoms with E-state index < -0.39 is 0 Å². The summed E-state index contributed by atoms with van der Waals surface area (Å²) in [5.74, 6) is -0.305. The first-order valence-corrected chi connectivity index (χ1v) is 9.39. The third-order valence-electron chi connectivity index (χ3n) is 4.56. The first-order valence-electron chi connectivity index (χ1n) is 9.39. The Kier molecular flexibility index (Phi) is 5.38. The number of rotatable bonds is 6. The molecule has 0 saturated heterocycles. The van der Waals surface area contributed by atoms with E-state index in [1.807, 2.05) is 42.5 Å². The van der Waals surface area contributed by atoms with Gasteiger partial charge in [0.15, 0.2) is 5.69 Å². The number of nitrogens with zero attached hydrogens (tertiary/aromatic N) is 5. The highest BCUT2D eigenvalue weighted by molar-refractivity contribution is 5.98. The summed E-state index contributed by atoms with van der Waals surface area (Å²) in [4.78, 5) is 21.2. The molecule has 4 rings (SSSR count). The highest BCUT2D eigenvalue weighted by Crippen LogP contribution is 2.25. The van der Waals surface area contributed by atoms with Gasteiger partial charge in [-0.1, -0.05) is 30.3 Å². The summed E-state index contributed by atoms with van der Waals surface area (Å²) >= 11 is 0. The van der Waals surface area contributed by atoms with Gasteiger partial charge in [-0.2, -0.15) is 0 Å². The Bertz CT molecular complexity index is 1110. The number of aryl methyl sites for hydroxylation is 1. The second kappa shape index (κ2) is 8.43. The summed E-state index contributed by atoms with van der Waals surface area (Å²) in [6, 6.07) is 17.3. The number of pyridine rings is 2. The van der Waals surface area contributed by atoms with Crippen LogP contribution in [0.2, 0.25) is 0 Å². The number of carbonyl (C=O) groups is 1. The number of carbonyl (C=O) groups excluding carboxylic acids is 1. The second-order valence-electron chi connectivity index (χ2n) is 6.46. The topological polar surface area (TPSA) is 85.6 Å². The summed E-state index contributed by atoms with van der Waals surface area (Å²) in [6.07, 6.45) is 5.97. The largest absolute Gasteiger partial charge is 0.345 e. The highest BCUT2D eigenvalue weighted by Gasteiger charge is 2.22. The van der Waals surface area contributed by atoms with Crippen molar-refractivity contribution >= 4 is 5.91 Å². The van der Waals surface area contributed by atoms with E-state index in [1.54, 1.807) is 23.3 Å². The van der Waals surface area contributed by atoms with E-state index in [-0.39, 0.29) is 11.6 Å². The predicted octanol–water partition coefficient (Wildman–Crippen LogP) is 3.22. The molecule has 4 aromatic rings. The molecule has 0 radical (unpaired) electrons. The van der Waals surface area contributed by atoms with Crippen molar-refractivity contribution < 1.29 is 4.79 Å². The lowest BCUT2D eigenvalue weighted by atomic mass is 10.1. The van der Waals surface area contributed by atoms with Crippen LogP contribution in [0, 0.1) is 0 Å². The van der Waals surface area contributed by atoms with E-state index in [4.69, 9.17) is 0 Å². The Labute approximate surface area is 168 Å². The van der Waals surface area contributed by atoms with Gasteiger partial charge in [-0.3, -0.25) is 14.8 Å². The van der Waals surface area contributed by atoms with Crippen molar-refractivity contribution in [1.82, 2.24) is 30.3 Å². The van der Waals surface area contributed by atoms with Gasteiger partial charge in [0, 0.05) is 24.2 Å². The van der Waals surface area contributed by atoms with Crippen molar-refractivity contribution in [3.05, 3.63) is 90.1 Å². The zero-order valence-electron chi connectivity index (χ0n) is 16.0. The van der Waals surface area contributed by atoms with E-state index in [1.165, 1.54) is 5.56 Å². The number of amides is 1. The average Bonchev–Trinajstić information content (AvgIpc) is 3.24. The van der Waals surface area contributed by atoms with E-state index >= 15 is 0 Å². The molecule has 0 unspecified atom stereocenters. The van der Waals surface area contributed by atoms with Gasteiger partial charge in [0.05, 0.1) is 17.9 Å². The third-order valence-corrected chi connectivity index (χ3v) is 4.56. The minimum Gasteiger partial charge on any atom is -0.345 e. The Morgan fingerprint density at radius 1 is 1.03 bits per heavy atom. The third kappa shape index (κ3) is 4.03. The Morgan fingerprint density at radius 3 is 2.66 bits per heavy atom. The molecular formula is C22H20N6O. The maximum absolute atomic E-state index is 12.9. The fraction of sp³-hybridized carbons (Fsp3) is 0.136. The van der Waals surface area contributed by atoms with E-state index in [2.05, 4.69) is 44.7 Å². The molecule has 0 aliphatic carbocycles. The number of hydrogen-bond donors (Lipinski definition) is 1. The minimum atomic E-state index is -0.305. The van der Waals surface area contributed by atoms with Crippen LogP contribution in [0.1, 0.15) is 28.7 Å². The zero-order valence-corrected chi connectivity index (χ0v) is 16.0. The van der Waals surface area contributed by atoms with E-state index in [0.29, 0.717) is 12.2 Å². The molecule has 7 heteroatoms. The SMILES string of the molecule is CCc1cccc(-n2nnc(C(=O)NCc3ccccn3)c2-c2ccncc2)c1. The smallest absolute Gasteiger partial charge is 0.274 e. The standard InChI is InChI=1S/C22H20N6O/c1-2-16-6-5-8-19(14-16)28-21(17-9-12-23-13-10-17)20(26-27-28)22(29)25-15-18-7-3-4-11-24-18/h3-14H,2,15H2,1H3,(H,25,29). The molecule has 0 fully saturated rings. The summed E-state index contributed by atoms with van der Waals surface area (Å²) in [5, 5.41) is 11.4. The van der Waals surface area contributed by atoms with Crippen molar-refractivity contribution in [2.24, 2.45) is 0 Å². The minimum absolute atomic E-state index is 0.258. The van der Waals surface area contributed by atoms with E-state index in [0.717, 1.165) is 23.4 Å². The fourth-order valence-electron chi connectivity index (χ4n) is 3.05. The van der Waals surface area contributed by atoms with Crippen LogP contribution in [0.4, 0.5) is 0 Å². The molecule has 29 heavy (non-hydrogen) atoms. The lowest BCUT2D eigenvalue weighted by Gasteiger charge is -2.10. The van der Waals surface area contributed by atoms with Gasteiger partial charge < -0.3 is 5.32 Å². The molecule has 0 spiro atoms. The van der Waals surface area contributed by atoms with Gasteiger partial charge in [0.2, 0.25) is 0 Å². The zero-order chi connectivity index (χ0) is 20.1. The van der Waals surface area contributed by atoms with Crippen LogP contribution in [0.25, 0.3) is 16.9 Å². The maximum atomic E-state index is 12.9. The predicted molar refractivity (Wildman–Crippen MR) is 109 cm³/mol. The molecule has 1 aromatic carbocycles. The van der Waals surface area contributed by atoms with Crippen LogP contribution in [-0.4, -0.2) is 30.9 Å². The fourth-order valence-corrected chi connectivity index (χ4v) is 3.05. The number of hydrogen-bond acceptors (Lipinski definition) is 5. The molecule has 3 heterocycles. The molecule has 3 aromatic heterocycles. The first-order chi connectivity index (χ1) is 14.3. The lowest BCUT2D eigenvalue weighted by molar-refractivity contribution is 0.0946. The summed E-state index contributed by atoms with van der Waals surface area (Å²) in [6.45, 7) is 2.41. The van der Waals surface area contributed by atoms with Crippen LogP contribution in [0.15, 0.2) is 73.2 Å². The number of aromatic nitrogens is 5. The van der Waals surface area contributed by atoms with Crippen molar-refractivity contribution in [2.45, 2.75) is 19.9 Å². The Hall–Kier alpha value is -3.87. The molecule has 1 N–H and O–H groups in total. The van der Waals surface area contributed by atoms with Crippen LogP contribution in [0.3, 0.4) is 0 Å². The van der Waals surface area contributed by atoms with Crippen LogP contribution in [0.5, 0.6) is 0 Å². The van der Waals surface area contributed by atoms with Gasteiger partial charge in [0.25, 0.3) is 5.91 Å². The van der Waals surface area contributed by atoms with Crippen molar-refractivity contribution in [1.29, 1.82) is 0 Å². The second-order valence-corrected chi connectivity index (χ2v) is 6.46. The summed E-state index contributed by atoms with van der Waals surface area (Å²) < 4.78 is 1.70. The molecule has 7 nitrogen and oxygen atoms in total. The monoisotopic (exact) mass is 384 g/mol. The van der Waals surface area contributed by atoms with Gasteiger partial charge in [-0.15, -0.1) is 5.10 Å². The normalized spacial score (nSPS) is 10.7. The van der Waals surface area contributed by atoms with Gasteiger partial charge in [0.1, 0.15) is 5.69 Å². The average molecular weight is 384 g/mol. The van der Waals surface area contributed by atoms with Crippen molar-refractivity contribution in [3.8, 4) is 16.9 Å². The Balaban J connectivity index is 1.72. The van der Waals surface area contributed by atoms with Crippen LogP contribution < -0.4 is 5.32 Å². The van der Waals surface area contributed by atoms with Crippen molar-refractivity contribution in [2.75, 3.05) is 0 Å². The van der Waals surface area contributed by atoms with Gasteiger partial charge >= 0.3 is 0 Å². The van der Waals surface area contributed by atoms with Gasteiger partial charge in [-0.25, -0.2) is 4.68 Å². The van der Waals surface area contributed by atoms with Crippen molar-refractivity contribution in [3.63, 3.8) is 0 Å². The maximum Gasteiger partial charge on any atom is 0.274 e. The molecule has 144 valence electrons. The molecule has 0 saturated carbocycles.